The summed E-state index contributed by atoms with van der Waals surface area (Å²) in [5, 5.41) is 9.09. The molecule has 0 aliphatic rings. The van der Waals surface area contributed by atoms with Gasteiger partial charge in [0.2, 0.25) is 4.73 Å². The van der Waals surface area contributed by atoms with Crippen LogP contribution in [0, 0.1) is 0 Å². The molecule has 148 valence electrons. The van der Waals surface area contributed by atoms with Crippen LogP contribution in [0.2, 0.25) is 5.02 Å². The number of hydrogen-bond donors (Lipinski definition) is 0. The van der Waals surface area contributed by atoms with Crippen molar-refractivity contribution in [2.45, 2.75) is 0 Å². The van der Waals surface area contributed by atoms with Crippen molar-refractivity contribution in [1.82, 2.24) is 39.5 Å². The summed E-state index contributed by atoms with van der Waals surface area (Å²) in [6.45, 7) is 0. The van der Waals surface area contributed by atoms with Crippen LogP contribution in [0.15, 0.2) is 90.4 Å². The molecule has 0 unspecified atom stereocenters. The molecule has 0 atom stereocenters. The Morgan fingerprint density at radius 2 is 1.37 bits per heavy atom. The van der Waals surface area contributed by atoms with Crippen molar-refractivity contribution in [2.24, 2.45) is 0 Å². The number of halogens is 2. The smallest absolute Gasteiger partial charge is 0.217 e. The topological polar surface area (TPSA) is 87.2 Å². The van der Waals surface area contributed by atoms with E-state index in [-0.39, 0.29) is 0 Å². The molecule has 5 aromatic rings. The number of benzene rings is 1. The van der Waals surface area contributed by atoms with Crippen LogP contribution in [0.1, 0.15) is 0 Å². The molecule has 0 amide bonds. The summed E-state index contributed by atoms with van der Waals surface area (Å²) in [5.74, 6) is 2.12. The molecule has 0 bridgehead atoms. The van der Waals surface area contributed by atoms with E-state index < -0.39 is 0 Å². The van der Waals surface area contributed by atoms with Crippen LogP contribution < -0.4 is 0 Å². The molecule has 0 N–H and O–H groups in total. The lowest BCUT2D eigenvalue weighted by Gasteiger charge is -1.97. The lowest BCUT2D eigenvalue weighted by atomic mass is 10.2. The fraction of sp³-hybridized carbons (Fsp3) is 0. The molecule has 0 aliphatic carbocycles. The van der Waals surface area contributed by atoms with E-state index in [0.29, 0.717) is 15.6 Å². The minimum Gasteiger partial charge on any atom is -0.237 e. The summed E-state index contributed by atoms with van der Waals surface area (Å²) in [6.07, 6.45) is 6.67. The highest BCUT2D eigenvalue weighted by atomic mass is 79.9. The zero-order valence-electron chi connectivity index (χ0n) is 15.4. The minimum absolute atomic E-state index is 0.563. The largest absolute Gasteiger partial charge is 0.237 e. The van der Waals surface area contributed by atoms with Gasteiger partial charge in [0.05, 0.1) is 0 Å². The average molecular weight is 482 g/mol. The molecule has 0 saturated heterocycles. The maximum absolute atomic E-state index is 5.94. The molecule has 0 saturated carbocycles. The van der Waals surface area contributed by atoms with E-state index >= 15 is 0 Å². The van der Waals surface area contributed by atoms with Gasteiger partial charge in [0.1, 0.15) is 12.7 Å². The molecule has 30 heavy (non-hydrogen) atoms. The van der Waals surface area contributed by atoms with Crippen LogP contribution in [-0.4, -0.2) is 39.5 Å². The maximum atomic E-state index is 5.94. The molecule has 4 aromatic heterocycles. The maximum Gasteiger partial charge on any atom is 0.217 e. The van der Waals surface area contributed by atoms with E-state index in [1.54, 1.807) is 34.4 Å². The number of hydrogen-bond acceptors (Lipinski definition) is 6. The van der Waals surface area contributed by atoms with Crippen LogP contribution >= 0.6 is 27.5 Å². The van der Waals surface area contributed by atoms with E-state index in [4.69, 9.17) is 11.6 Å². The lowest BCUT2D eigenvalue weighted by molar-refractivity contribution is 0.838. The third kappa shape index (κ3) is 4.94. The predicted octanol–water partition coefficient (Wildman–Crippen LogP) is 4.41. The van der Waals surface area contributed by atoms with Crippen molar-refractivity contribution in [3.05, 3.63) is 95.5 Å². The summed E-state index contributed by atoms with van der Waals surface area (Å²) in [6, 6.07) is 18.7. The second kappa shape index (κ2) is 9.38. The molecule has 5 rings (SSSR count). The van der Waals surface area contributed by atoms with Gasteiger partial charge < -0.3 is 0 Å². The third-order valence-corrected chi connectivity index (χ3v) is 4.41. The fourth-order valence-electron chi connectivity index (χ4n) is 2.47. The lowest BCUT2D eigenvalue weighted by Crippen LogP contribution is -1.97. The highest BCUT2D eigenvalue weighted by Gasteiger charge is 2.06. The first-order valence-electron chi connectivity index (χ1n) is 8.76. The zero-order chi connectivity index (χ0) is 20.8. The van der Waals surface area contributed by atoms with E-state index in [9.17, 15) is 0 Å². The highest BCUT2D eigenvalue weighted by molar-refractivity contribution is 9.10. The Kier molecular flexibility index (Phi) is 6.21. The van der Waals surface area contributed by atoms with Gasteiger partial charge in [-0.05, 0) is 52.3 Å². The molecule has 0 spiro atoms. The second-order valence-corrected chi connectivity index (χ2v) is 7.00. The summed E-state index contributed by atoms with van der Waals surface area (Å²) >= 11 is 9.10. The second-order valence-electron chi connectivity index (χ2n) is 5.86. The number of pyridine rings is 2. The van der Waals surface area contributed by atoms with Crippen molar-refractivity contribution >= 4 is 27.5 Å². The Hall–Kier alpha value is -3.43. The van der Waals surface area contributed by atoms with Crippen molar-refractivity contribution in [3.63, 3.8) is 0 Å². The van der Waals surface area contributed by atoms with Gasteiger partial charge in [-0.15, -0.1) is 10.2 Å². The molecule has 0 fully saturated rings. The summed E-state index contributed by atoms with van der Waals surface area (Å²) in [4.78, 5) is 16.5. The van der Waals surface area contributed by atoms with Crippen LogP contribution in [-0.2, 0) is 0 Å². The van der Waals surface area contributed by atoms with Gasteiger partial charge in [0.25, 0.3) is 0 Å². The van der Waals surface area contributed by atoms with Gasteiger partial charge in [0.15, 0.2) is 17.5 Å². The Labute approximate surface area is 185 Å². The summed E-state index contributed by atoms with van der Waals surface area (Å²) in [7, 11) is 0. The molecule has 4 heterocycles. The minimum atomic E-state index is 0.563. The monoisotopic (exact) mass is 480 g/mol. The predicted molar refractivity (Wildman–Crippen MR) is 116 cm³/mol. The fourth-order valence-corrected chi connectivity index (χ4v) is 2.92. The molecule has 1 aromatic carbocycles. The van der Waals surface area contributed by atoms with Crippen LogP contribution in [0.4, 0.5) is 0 Å². The first-order valence-corrected chi connectivity index (χ1v) is 9.94. The van der Waals surface area contributed by atoms with Gasteiger partial charge in [-0.3, -0.25) is 0 Å². The van der Waals surface area contributed by atoms with Gasteiger partial charge in [-0.25, -0.2) is 29.3 Å². The standard InChI is InChI=1S/C13H9ClN4.C7H5BrN4/c14-11-5-3-4-10(8-11)13-16-9-18(17-13)12-6-1-2-7-15-12;8-7-10-5-12(11-7)6-3-1-2-4-9-6/h1-9H;1-5H. The molecule has 8 nitrogen and oxygen atoms in total. The van der Waals surface area contributed by atoms with Crippen LogP contribution in [0.3, 0.4) is 0 Å². The Bertz CT molecular complexity index is 1220. The molecule has 0 aliphatic heterocycles. The van der Waals surface area contributed by atoms with Crippen molar-refractivity contribution in [3.8, 4) is 23.0 Å². The van der Waals surface area contributed by atoms with Crippen LogP contribution in [0.25, 0.3) is 23.0 Å². The average Bonchev–Trinajstić information content (AvgIpc) is 3.45. The van der Waals surface area contributed by atoms with Gasteiger partial charge in [-0.1, -0.05) is 35.9 Å². The molecular weight excluding hydrogens is 468 g/mol. The first-order chi connectivity index (χ1) is 14.7. The van der Waals surface area contributed by atoms with E-state index in [2.05, 4.69) is 46.1 Å². The number of aromatic nitrogens is 8. The Morgan fingerprint density at radius 1 is 0.700 bits per heavy atom. The third-order valence-electron chi connectivity index (χ3n) is 3.81. The normalized spacial score (nSPS) is 10.3. The Morgan fingerprint density at radius 3 is 1.93 bits per heavy atom. The van der Waals surface area contributed by atoms with Crippen molar-refractivity contribution in [1.29, 1.82) is 0 Å². The van der Waals surface area contributed by atoms with E-state index in [1.807, 2.05) is 60.7 Å². The van der Waals surface area contributed by atoms with Crippen LogP contribution in [0.5, 0.6) is 0 Å². The quantitative estimate of drug-likeness (QED) is 0.379. The molecule has 0 radical (unpaired) electrons. The summed E-state index contributed by atoms with van der Waals surface area (Å²) < 4.78 is 3.80. The van der Waals surface area contributed by atoms with Gasteiger partial charge in [-0.2, -0.15) is 0 Å². The SMILES string of the molecule is Brc1ncn(-c2ccccn2)n1.Clc1cccc(-c2ncn(-c3ccccn3)n2)c1. The number of rotatable bonds is 3. The highest BCUT2D eigenvalue weighted by Crippen LogP contribution is 2.19. The zero-order valence-corrected chi connectivity index (χ0v) is 17.8. The summed E-state index contributed by atoms with van der Waals surface area (Å²) in [5.41, 5.74) is 0.886. The number of nitrogens with zero attached hydrogens (tertiary/aromatic N) is 8. The van der Waals surface area contributed by atoms with Crippen molar-refractivity contribution in [2.75, 3.05) is 0 Å². The first kappa shape index (κ1) is 19.9. The van der Waals surface area contributed by atoms with Crippen molar-refractivity contribution < 1.29 is 0 Å². The van der Waals surface area contributed by atoms with Gasteiger partial charge in [0, 0.05) is 23.0 Å². The van der Waals surface area contributed by atoms with E-state index in [1.165, 1.54) is 0 Å². The Balaban J connectivity index is 0.000000158. The molecule has 10 heteroatoms. The van der Waals surface area contributed by atoms with Gasteiger partial charge >= 0.3 is 0 Å². The molecular formula is C20H14BrClN8. The van der Waals surface area contributed by atoms with E-state index in [0.717, 1.165) is 17.2 Å².